The van der Waals surface area contributed by atoms with Gasteiger partial charge in [-0.05, 0) is 43.0 Å². The number of carboxylic acids is 1. The summed E-state index contributed by atoms with van der Waals surface area (Å²) in [6.07, 6.45) is 1.97. The third-order valence-electron chi connectivity index (χ3n) is 3.36. The van der Waals surface area contributed by atoms with E-state index in [0.717, 1.165) is 24.0 Å². The number of carboxylic acid groups (broad SMARTS) is 1. The first-order valence-corrected chi connectivity index (χ1v) is 6.60. The lowest BCUT2D eigenvalue weighted by Crippen LogP contribution is -2.13. The Morgan fingerprint density at radius 1 is 1.53 bits per heavy atom. The molecule has 1 aromatic rings. The first kappa shape index (κ1) is 13.9. The molecule has 19 heavy (non-hydrogen) atoms. The minimum absolute atomic E-state index is 0.162. The summed E-state index contributed by atoms with van der Waals surface area (Å²) >= 11 is 6.18. The van der Waals surface area contributed by atoms with Crippen molar-refractivity contribution in [2.45, 2.75) is 31.6 Å². The van der Waals surface area contributed by atoms with Crippen LogP contribution in [0.25, 0.3) is 0 Å². The standard InChI is InChI=1S/C15H17ClO3/c1-10(2)9-19-13-4-3-11(7-12(13)16)15(5-6-15)8-14(17)18/h3-4,7H,1,5-6,8-9H2,2H3,(H,17,18). The van der Waals surface area contributed by atoms with Crippen molar-refractivity contribution in [3.8, 4) is 5.75 Å². The van der Waals surface area contributed by atoms with E-state index in [1.165, 1.54) is 0 Å². The quantitative estimate of drug-likeness (QED) is 0.806. The van der Waals surface area contributed by atoms with E-state index in [2.05, 4.69) is 6.58 Å². The van der Waals surface area contributed by atoms with Crippen LogP contribution in [0.4, 0.5) is 0 Å². The van der Waals surface area contributed by atoms with Gasteiger partial charge in [0.25, 0.3) is 0 Å². The molecule has 0 saturated heterocycles. The van der Waals surface area contributed by atoms with Crippen molar-refractivity contribution in [1.82, 2.24) is 0 Å². The van der Waals surface area contributed by atoms with Crippen molar-refractivity contribution >= 4 is 17.6 Å². The van der Waals surface area contributed by atoms with E-state index >= 15 is 0 Å². The van der Waals surface area contributed by atoms with Gasteiger partial charge in [-0.2, -0.15) is 0 Å². The van der Waals surface area contributed by atoms with Crippen LogP contribution in [0.15, 0.2) is 30.4 Å². The fourth-order valence-corrected chi connectivity index (χ4v) is 2.39. The van der Waals surface area contributed by atoms with Gasteiger partial charge in [0.05, 0.1) is 11.4 Å². The van der Waals surface area contributed by atoms with Crippen molar-refractivity contribution in [2.75, 3.05) is 6.61 Å². The van der Waals surface area contributed by atoms with Gasteiger partial charge in [0, 0.05) is 5.41 Å². The van der Waals surface area contributed by atoms with E-state index in [0.29, 0.717) is 17.4 Å². The Kier molecular flexibility index (Phi) is 3.85. The molecule has 1 N–H and O–H groups in total. The summed E-state index contributed by atoms with van der Waals surface area (Å²) in [6, 6.07) is 5.54. The number of rotatable bonds is 6. The fraction of sp³-hybridized carbons (Fsp3) is 0.400. The van der Waals surface area contributed by atoms with Crippen LogP contribution in [0.1, 0.15) is 31.7 Å². The lowest BCUT2D eigenvalue weighted by Gasteiger charge is -2.15. The van der Waals surface area contributed by atoms with Crippen LogP contribution in [-0.4, -0.2) is 17.7 Å². The highest BCUT2D eigenvalue weighted by Gasteiger charge is 2.46. The zero-order chi connectivity index (χ0) is 14.0. The Hall–Kier alpha value is -1.48. The monoisotopic (exact) mass is 280 g/mol. The van der Waals surface area contributed by atoms with Crippen LogP contribution in [0, 0.1) is 0 Å². The number of hydrogen-bond acceptors (Lipinski definition) is 2. The van der Waals surface area contributed by atoms with Gasteiger partial charge in [0.2, 0.25) is 0 Å². The first-order valence-electron chi connectivity index (χ1n) is 6.22. The Morgan fingerprint density at radius 2 is 2.21 bits per heavy atom. The number of carbonyl (C=O) groups is 1. The molecule has 2 rings (SSSR count). The molecule has 0 aliphatic heterocycles. The van der Waals surface area contributed by atoms with Gasteiger partial charge in [-0.3, -0.25) is 4.79 Å². The Balaban J connectivity index is 2.15. The Bertz CT molecular complexity index is 518. The molecule has 1 aromatic carbocycles. The van der Waals surface area contributed by atoms with Crippen LogP contribution < -0.4 is 4.74 Å². The summed E-state index contributed by atoms with van der Waals surface area (Å²) in [5.41, 5.74) is 1.69. The van der Waals surface area contributed by atoms with Crippen LogP contribution in [0.2, 0.25) is 5.02 Å². The summed E-state index contributed by atoms with van der Waals surface area (Å²) in [6.45, 7) is 6.08. The summed E-state index contributed by atoms with van der Waals surface area (Å²) in [4.78, 5) is 10.9. The zero-order valence-corrected chi connectivity index (χ0v) is 11.7. The molecule has 1 aliphatic carbocycles. The maximum Gasteiger partial charge on any atom is 0.304 e. The number of aliphatic carboxylic acids is 1. The van der Waals surface area contributed by atoms with Crippen LogP contribution in [0.3, 0.4) is 0 Å². The molecule has 0 atom stereocenters. The maximum atomic E-state index is 10.9. The second kappa shape index (κ2) is 5.25. The number of hydrogen-bond donors (Lipinski definition) is 1. The van der Waals surface area contributed by atoms with Gasteiger partial charge in [-0.15, -0.1) is 0 Å². The van der Waals surface area contributed by atoms with Gasteiger partial charge in [-0.1, -0.05) is 24.2 Å². The van der Waals surface area contributed by atoms with E-state index in [1.54, 1.807) is 0 Å². The van der Waals surface area contributed by atoms with E-state index in [1.807, 2.05) is 25.1 Å². The average Bonchev–Trinajstić information content (AvgIpc) is 3.07. The molecule has 0 amide bonds. The highest BCUT2D eigenvalue weighted by atomic mass is 35.5. The molecule has 0 aromatic heterocycles. The summed E-state index contributed by atoms with van der Waals surface area (Å²) in [5.74, 6) is -0.157. The van der Waals surface area contributed by atoms with Crippen LogP contribution in [0.5, 0.6) is 5.75 Å². The summed E-state index contributed by atoms with van der Waals surface area (Å²) < 4.78 is 5.52. The van der Waals surface area contributed by atoms with Gasteiger partial charge >= 0.3 is 5.97 Å². The van der Waals surface area contributed by atoms with Gasteiger partial charge in [0.1, 0.15) is 12.4 Å². The predicted molar refractivity (Wildman–Crippen MR) is 74.9 cm³/mol. The minimum Gasteiger partial charge on any atom is -0.488 e. The second-order valence-corrected chi connectivity index (χ2v) is 5.65. The van der Waals surface area contributed by atoms with Gasteiger partial charge in [-0.25, -0.2) is 0 Å². The van der Waals surface area contributed by atoms with Gasteiger partial charge in [0.15, 0.2) is 0 Å². The summed E-state index contributed by atoms with van der Waals surface area (Å²) in [7, 11) is 0. The molecule has 0 heterocycles. The molecule has 3 nitrogen and oxygen atoms in total. The maximum absolute atomic E-state index is 10.9. The summed E-state index contributed by atoms with van der Waals surface area (Å²) in [5, 5.41) is 9.48. The largest absolute Gasteiger partial charge is 0.488 e. The Morgan fingerprint density at radius 3 is 2.68 bits per heavy atom. The molecule has 1 fully saturated rings. The smallest absolute Gasteiger partial charge is 0.304 e. The molecule has 4 heteroatoms. The number of ether oxygens (including phenoxy) is 1. The van der Waals surface area contributed by atoms with Crippen molar-refractivity contribution in [2.24, 2.45) is 0 Å². The molecular weight excluding hydrogens is 264 g/mol. The third-order valence-corrected chi connectivity index (χ3v) is 3.66. The number of benzene rings is 1. The van der Waals surface area contributed by atoms with E-state index in [9.17, 15) is 4.79 Å². The first-order chi connectivity index (χ1) is 8.93. The fourth-order valence-electron chi connectivity index (χ4n) is 2.16. The lowest BCUT2D eigenvalue weighted by molar-refractivity contribution is -0.137. The van der Waals surface area contributed by atoms with Crippen molar-refractivity contribution in [1.29, 1.82) is 0 Å². The lowest BCUT2D eigenvalue weighted by atomic mass is 9.92. The average molecular weight is 281 g/mol. The second-order valence-electron chi connectivity index (χ2n) is 5.24. The van der Waals surface area contributed by atoms with Crippen LogP contribution in [-0.2, 0) is 10.2 Å². The highest BCUT2D eigenvalue weighted by molar-refractivity contribution is 6.32. The molecule has 0 bridgehead atoms. The van der Waals surface area contributed by atoms with Gasteiger partial charge < -0.3 is 9.84 Å². The van der Waals surface area contributed by atoms with Crippen LogP contribution >= 0.6 is 11.6 Å². The highest BCUT2D eigenvalue weighted by Crippen LogP contribution is 2.52. The normalized spacial score (nSPS) is 15.9. The molecule has 0 spiro atoms. The minimum atomic E-state index is -0.767. The molecular formula is C15H17ClO3. The Labute approximate surface area is 117 Å². The van der Waals surface area contributed by atoms with Crippen molar-refractivity contribution < 1.29 is 14.6 Å². The molecule has 102 valence electrons. The third kappa shape index (κ3) is 3.29. The van der Waals surface area contributed by atoms with E-state index in [4.69, 9.17) is 21.4 Å². The van der Waals surface area contributed by atoms with E-state index in [-0.39, 0.29) is 11.8 Å². The zero-order valence-electron chi connectivity index (χ0n) is 10.9. The molecule has 0 unspecified atom stereocenters. The van der Waals surface area contributed by atoms with E-state index < -0.39 is 5.97 Å². The predicted octanol–water partition coefficient (Wildman–Crippen LogP) is 3.80. The molecule has 1 saturated carbocycles. The molecule has 0 radical (unpaired) electrons. The van der Waals surface area contributed by atoms with Crippen molar-refractivity contribution in [3.63, 3.8) is 0 Å². The van der Waals surface area contributed by atoms with Crippen molar-refractivity contribution in [3.05, 3.63) is 40.9 Å². The number of halogens is 1. The molecule has 1 aliphatic rings. The SMILES string of the molecule is C=C(C)COc1ccc(C2(CC(=O)O)CC2)cc1Cl. The topological polar surface area (TPSA) is 46.5 Å².